The minimum atomic E-state index is -0.469. The lowest BCUT2D eigenvalue weighted by molar-refractivity contribution is 0.133. The van der Waals surface area contributed by atoms with Crippen molar-refractivity contribution in [2.24, 2.45) is 0 Å². The summed E-state index contributed by atoms with van der Waals surface area (Å²) in [5, 5.41) is 0. The average molecular weight is 354 g/mol. The van der Waals surface area contributed by atoms with E-state index in [4.69, 9.17) is 4.74 Å². The Bertz CT molecular complexity index is 1100. The summed E-state index contributed by atoms with van der Waals surface area (Å²) in [5.41, 5.74) is 7.58. The Morgan fingerprint density at radius 2 is 1.26 bits per heavy atom. The molecule has 2 aliphatic rings. The molecule has 0 amide bonds. The Kier molecular flexibility index (Phi) is 3.38. The molecule has 0 saturated carbocycles. The Morgan fingerprint density at radius 3 is 1.93 bits per heavy atom. The molecular weight excluding hydrogens is 335 g/mol. The van der Waals surface area contributed by atoms with Gasteiger partial charge in [0.15, 0.2) is 0 Å². The Labute approximate surface area is 158 Å². The number of benzene rings is 3. The maximum Gasteiger partial charge on any atom is 0.136 e. The summed E-state index contributed by atoms with van der Waals surface area (Å²) in [7, 11) is 0. The van der Waals surface area contributed by atoms with Gasteiger partial charge in [0, 0.05) is 16.7 Å². The van der Waals surface area contributed by atoms with Gasteiger partial charge in [-0.05, 0) is 60.4 Å². The van der Waals surface area contributed by atoms with E-state index < -0.39 is 5.60 Å². The first-order valence-electron chi connectivity index (χ1n) is 9.16. The fourth-order valence-electron chi connectivity index (χ4n) is 4.22. The molecule has 132 valence electrons. The lowest BCUT2D eigenvalue weighted by atomic mass is 9.89. The monoisotopic (exact) mass is 354 g/mol. The van der Waals surface area contributed by atoms with Gasteiger partial charge in [0.1, 0.15) is 17.2 Å². The van der Waals surface area contributed by atoms with Crippen LogP contribution in [0.3, 0.4) is 0 Å². The van der Waals surface area contributed by atoms with Gasteiger partial charge in [0.05, 0.1) is 0 Å². The third kappa shape index (κ3) is 2.37. The first kappa shape index (κ1) is 16.1. The fourth-order valence-corrected chi connectivity index (χ4v) is 4.22. The van der Waals surface area contributed by atoms with Crippen molar-refractivity contribution >= 4 is 16.9 Å². The summed E-state index contributed by atoms with van der Waals surface area (Å²) in [4.78, 5) is 0. The van der Waals surface area contributed by atoms with E-state index in [-0.39, 0.29) is 5.82 Å². The van der Waals surface area contributed by atoms with E-state index >= 15 is 0 Å². The molecule has 3 aromatic rings. The molecule has 27 heavy (non-hydrogen) atoms. The minimum absolute atomic E-state index is 0.242. The van der Waals surface area contributed by atoms with Crippen molar-refractivity contribution in [3.63, 3.8) is 0 Å². The highest BCUT2D eigenvalue weighted by Crippen LogP contribution is 2.57. The number of rotatable bonds is 2. The van der Waals surface area contributed by atoms with Crippen LogP contribution in [0.2, 0.25) is 0 Å². The molecule has 5 rings (SSSR count). The third-order valence-corrected chi connectivity index (χ3v) is 5.32. The number of hydrogen-bond acceptors (Lipinski definition) is 1. The summed E-state index contributed by atoms with van der Waals surface area (Å²) in [6, 6.07) is 25.5. The third-order valence-electron chi connectivity index (χ3n) is 5.32. The molecule has 0 saturated heterocycles. The SMILES string of the molecule is CC1(C)OC(c2ccc(F)cc2)=C2C1=C(c1ccccc1)c1ccccc12. The lowest BCUT2D eigenvalue weighted by Gasteiger charge is -2.24. The molecule has 1 aliphatic heterocycles. The van der Waals surface area contributed by atoms with Crippen molar-refractivity contribution in [2.45, 2.75) is 19.4 Å². The van der Waals surface area contributed by atoms with E-state index in [1.807, 2.05) is 6.07 Å². The van der Waals surface area contributed by atoms with E-state index in [1.54, 1.807) is 12.1 Å². The van der Waals surface area contributed by atoms with Crippen LogP contribution in [-0.4, -0.2) is 5.60 Å². The molecule has 0 bridgehead atoms. The van der Waals surface area contributed by atoms with E-state index in [1.165, 1.54) is 40.0 Å². The highest BCUT2D eigenvalue weighted by Gasteiger charge is 2.45. The number of ether oxygens (including phenoxy) is 1. The molecule has 0 spiro atoms. The normalized spacial score (nSPS) is 17.0. The van der Waals surface area contributed by atoms with Gasteiger partial charge in [-0.1, -0.05) is 54.6 Å². The predicted octanol–water partition coefficient (Wildman–Crippen LogP) is 6.32. The minimum Gasteiger partial charge on any atom is -0.482 e. The van der Waals surface area contributed by atoms with Gasteiger partial charge < -0.3 is 4.74 Å². The predicted molar refractivity (Wildman–Crippen MR) is 107 cm³/mol. The summed E-state index contributed by atoms with van der Waals surface area (Å²) in [6.45, 7) is 4.21. The van der Waals surface area contributed by atoms with Crippen LogP contribution in [0.4, 0.5) is 4.39 Å². The van der Waals surface area contributed by atoms with E-state index in [0.29, 0.717) is 0 Å². The van der Waals surface area contributed by atoms with E-state index in [2.05, 4.69) is 62.4 Å². The summed E-state index contributed by atoms with van der Waals surface area (Å²) in [5.74, 6) is 0.586. The summed E-state index contributed by atoms with van der Waals surface area (Å²) >= 11 is 0. The quantitative estimate of drug-likeness (QED) is 0.523. The topological polar surface area (TPSA) is 9.23 Å². The van der Waals surface area contributed by atoms with Crippen molar-refractivity contribution < 1.29 is 9.13 Å². The second-order valence-electron chi connectivity index (χ2n) is 7.48. The van der Waals surface area contributed by atoms with E-state index in [9.17, 15) is 4.39 Å². The van der Waals surface area contributed by atoms with Gasteiger partial charge in [0.25, 0.3) is 0 Å². The van der Waals surface area contributed by atoms with Crippen LogP contribution in [0.15, 0.2) is 84.4 Å². The Balaban J connectivity index is 1.85. The zero-order chi connectivity index (χ0) is 18.6. The molecule has 0 atom stereocenters. The highest BCUT2D eigenvalue weighted by molar-refractivity contribution is 6.13. The van der Waals surface area contributed by atoms with Crippen molar-refractivity contribution in [1.29, 1.82) is 0 Å². The molecule has 0 unspecified atom stereocenters. The lowest BCUT2D eigenvalue weighted by Crippen LogP contribution is -2.21. The second-order valence-corrected chi connectivity index (χ2v) is 7.48. The highest BCUT2D eigenvalue weighted by atomic mass is 19.1. The van der Waals surface area contributed by atoms with Crippen LogP contribution < -0.4 is 0 Å². The summed E-state index contributed by atoms with van der Waals surface area (Å²) < 4.78 is 19.9. The first-order chi connectivity index (χ1) is 13.1. The van der Waals surface area contributed by atoms with Crippen molar-refractivity contribution in [3.05, 3.63) is 113 Å². The van der Waals surface area contributed by atoms with Gasteiger partial charge in [-0.2, -0.15) is 0 Å². The molecule has 1 aliphatic carbocycles. The van der Waals surface area contributed by atoms with Crippen LogP contribution in [0.25, 0.3) is 16.9 Å². The molecule has 0 aromatic heterocycles. The molecule has 2 heteroatoms. The fraction of sp³-hybridized carbons (Fsp3) is 0.120. The molecule has 3 aromatic carbocycles. The molecule has 1 heterocycles. The van der Waals surface area contributed by atoms with Gasteiger partial charge >= 0.3 is 0 Å². The molecule has 0 fully saturated rings. The van der Waals surface area contributed by atoms with Crippen LogP contribution >= 0.6 is 0 Å². The number of halogens is 1. The molecule has 1 nitrogen and oxygen atoms in total. The maximum atomic E-state index is 13.4. The standard InChI is InChI=1S/C25H19FO/c1-25(2)23-21(16-8-4-3-5-9-16)19-10-6-7-11-20(19)22(23)24(27-25)17-12-14-18(26)15-13-17/h3-15H,1-2H3. The van der Waals surface area contributed by atoms with Crippen molar-refractivity contribution in [1.82, 2.24) is 0 Å². The molecule has 0 N–H and O–H groups in total. The van der Waals surface area contributed by atoms with Gasteiger partial charge in [-0.25, -0.2) is 4.39 Å². The van der Waals surface area contributed by atoms with Gasteiger partial charge in [-0.3, -0.25) is 0 Å². The Hall–Kier alpha value is -3.13. The number of fused-ring (bicyclic) bond motifs is 3. The van der Waals surface area contributed by atoms with Crippen LogP contribution in [0.1, 0.15) is 36.1 Å². The van der Waals surface area contributed by atoms with Gasteiger partial charge in [0.2, 0.25) is 0 Å². The van der Waals surface area contributed by atoms with Crippen molar-refractivity contribution in [2.75, 3.05) is 0 Å². The van der Waals surface area contributed by atoms with Crippen LogP contribution in [-0.2, 0) is 4.74 Å². The van der Waals surface area contributed by atoms with Crippen molar-refractivity contribution in [3.8, 4) is 0 Å². The molecule has 0 radical (unpaired) electrons. The maximum absolute atomic E-state index is 13.4. The summed E-state index contributed by atoms with van der Waals surface area (Å²) in [6.07, 6.45) is 0. The largest absolute Gasteiger partial charge is 0.482 e. The van der Waals surface area contributed by atoms with Crippen LogP contribution in [0.5, 0.6) is 0 Å². The zero-order valence-electron chi connectivity index (χ0n) is 15.3. The van der Waals surface area contributed by atoms with Gasteiger partial charge in [-0.15, -0.1) is 0 Å². The van der Waals surface area contributed by atoms with E-state index in [0.717, 1.165) is 16.9 Å². The van der Waals surface area contributed by atoms with Crippen LogP contribution in [0, 0.1) is 5.82 Å². The second kappa shape index (κ2) is 5.68. The Morgan fingerprint density at radius 1 is 0.667 bits per heavy atom. The molecular formula is C25H19FO. The first-order valence-corrected chi connectivity index (χ1v) is 9.16. The smallest absolute Gasteiger partial charge is 0.136 e. The average Bonchev–Trinajstić information content (AvgIpc) is 3.17. The number of hydrogen-bond donors (Lipinski definition) is 0. The zero-order valence-corrected chi connectivity index (χ0v) is 15.3.